The minimum atomic E-state index is 0.281. The average Bonchev–Trinajstić information content (AvgIpc) is 2.41. The van der Waals surface area contributed by atoms with Crippen molar-refractivity contribution in [2.24, 2.45) is 0 Å². The van der Waals surface area contributed by atoms with Gasteiger partial charge in [0.2, 0.25) is 0 Å². The molecule has 0 aliphatic rings. The molecule has 0 saturated carbocycles. The summed E-state index contributed by atoms with van der Waals surface area (Å²) in [5, 5.41) is 4.14. The van der Waals surface area contributed by atoms with E-state index in [1.165, 1.54) is 5.56 Å². The van der Waals surface area contributed by atoms with E-state index in [4.69, 9.17) is 16.3 Å². The standard InChI is InChI=1S/C16H17BrClNO/c1-11(9-12-3-5-13(17)6-4-12)19-15-10-14(18)7-8-16(15)20-2/h3-8,10-11,19H,9H2,1-2H3. The number of anilines is 1. The minimum Gasteiger partial charge on any atom is -0.495 e. The van der Waals surface area contributed by atoms with Crippen molar-refractivity contribution in [3.63, 3.8) is 0 Å². The van der Waals surface area contributed by atoms with E-state index in [9.17, 15) is 0 Å². The Morgan fingerprint density at radius 1 is 1.20 bits per heavy atom. The van der Waals surface area contributed by atoms with Crippen molar-refractivity contribution in [1.29, 1.82) is 0 Å². The van der Waals surface area contributed by atoms with Crippen LogP contribution in [0.15, 0.2) is 46.9 Å². The summed E-state index contributed by atoms with van der Waals surface area (Å²) in [5.74, 6) is 0.803. The molecule has 0 aliphatic heterocycles. The van der Waals surface area contributed by atoms with Crippen molar-refractivity contribution in [1.82, 2.24) is 0 Å². The summed E-state index contributed by atoms with van der Waals surface area (Å²) in [6, 6.07) is 14.2. The summed E-state index contributed by atoms with van der Waals surface area (Å²) >= 11 is 9.48. The van der Waals surface area contributed by atoms with Gasteiger partial charge in [-0.1, -0.05) is 39.7 Å². The van der Waals surface area contributed by atoms with Gasteiger partial charge in [-0.25, -0.2) is 0 Å². The van der Waals surface area contributed by atoms with Crippen molar-refractivity contribution in [3.8, 4) is 5.75 Å². The first-order valence-corrected chi connectivity index (χ1v) is 7.60. The number of rotatable bonds is 5. The number of hydrogen-bond donors (Lipinski definition) is 1. The lowest BCUT2D eigenvalue weighted by Crippen LogP contribution is -2.18. The third-order valence-corrected chi connectivity index (χ3v) is 3.78. The molecular formula is C16H17BrClNO. The summed E-state index contributed by atoms with van der Waals surface area (Å²) in [6.07, 6.45) is 0.933. The third-order valence-electron chi connectivity index (χ3n) is 3.02. The van der Waals surface area contributed by atoms with Crippen molar-refractivity contribution >= 4 is 33.2 Å². The maximum atomic E-state index is 6.03. The zero-order valence-electron chi connectivity index (χ0n) is 11.5. The van der Waals surface area contributed by atoms with E-state index < -0.39 is 0 Å². The molecule has 0 fully saturated rings. The Morgan fingerprint density at radius 3 is 2.55 bits per heavy atom. The molecule has 0 amide bonds. The Bertz CT molecular complexity index is 571. The van der Waals surface area contributed by atoms with Crippen molar-refractivity contribution in [2.75, 3.05) is 12.4 Å². The molecule has 4 heteroatoms. The van der Waals surface area contributed by atoms with Gasteiger partial charge in [-0.15, -0.1) is 0 Å². The van der Waals surface area contributed by atoms with Gasteiger partial charge in [-0.2, -0.15) is 0 Å². The Morgan fingerprint density at radius 2 is 1.90 bits per heavy atom. The lowest BCUT2D eigenvalue weighted by molar-refractivity contribution is 0.416. The predicted octanol–water partition coefficient (Wildman–Crippen LogP) is 5.15. The number of halogens is 2. The lowest BCUT2D eigenvalue weighted by Gasteiger charge is -2.18. The Kier molecular flexibility index (Phi) is 5.32. The molecule has 106 valence electrons. The number of methoxy groups -OCH3 is 1. The fraction of sp³-hybridized carbons (Fsp3) is 0.250. The fourth-order valence-corrected chi connectivity index (χ4v) is 2.52. The van der Waals surface area contributed by atoms with E-state index in [1.807, 2.05) is 18.2 Å². The maximum Gasteiger partial charge on any atom is 0.142 e. The molecule has 2 aromatic rings. The van der Waals surface area contributed by atoms with Gasteiger partial charge in [-0.3, -0.25) is 0 Å². The third kappa shape index (κ3) is 4.15. The predicted molar refractivity (Wildman–Crippen MR) is 88.9 cm³/mol. The normalized spacial score (nSPS) is 12.0. The van der Waals surface area contributed by atoms with Crippen LogP contribution >= 0.6 is 27.5 Å². The van der Waals surface area contributed by atoms with Crippen LogP contribution in [0.25, 0.3) is 0 Å². The minimum absolute atomic E-state index is 0.281. The van der Waals surface area contributed by atoms with Gasteiger partial charge in [0, 0.05) is 15.5 Å². The highest BCUT2D eigenvalue weighted by molar-refractivity contribution is 9.10. The first-order chi connectivity index (χ1) is 9.58. The van der Waals surface area contributed by atoms with Gasteiger partial charge >= 0.3 is 0 Å². The molecule has 2 nitrogen and oxygen atoms in total. The molecule has 20 heavy (non-hydrogen) atoms. The topological polar surface area (TPSA) is 21.3 Å². The maximum absolute atomic E-state index is 6.03. The molecule has 0 aliphatic carbocycles. The van der Waals surface area contributed by atoms with Crippen LogP contribution in [0.1, 0.15) is 12.5 Å². The molecule has 0 heterocycles. The molecule has 2 rings (SSSR count). The van der Waals surface area contributed by atoms with Crippen molar-refractivity contribution in [2.45, 2.75) is 19.4 Å². The summed E-state index contributed by atoms with van der Waals surface area (Å²) in [5.41, 5.74) is 2.21. The number of nitrogens with one attached hydrogen (secondary N) is 1. The quantitative estimate of drug-likeness (QED) is 0.801. The first-order valence-electron chi connectivity index (χ1n) is 6.43. The first kappa shape index (κ1) is 15.2. The SMILES string of the molecule is COc1ccc(Cl)cc1NC(C)Cc1ccc(Br)cc1. The van der Waals surface area contributed by atoms with Crippen LogP contribution in [0.3, 0.4) is 0 Å². The smallest absolute Gasteiger partial charge is 0.142 e. The van der Waals surface area contributed by atoms with Gasteiger partial charge in [0.15, 0.2) is 0 Å². The summed E-state index contributed by atoms with van der Waals surface area (Å²) < 4.78 is 6.44. The number of benzene rings is 2. The molecule has 0 saturated heterocycles. The van der Waals surface area contributed by atoms with Crippen LogP contribution in [0.2, 0.25) is 5.02 Å². The van der Waals surface area contributed by atoms with Crippen molar-refractivity contribution in [3.05, 3.63) is 57.5 Å². The lowest BCUT2D eigenvalue weighted by atomic mass is 10.1. The van der Waals surface area contributed by atoms with Gasteiger partial charge in [0.1, 0.15) is 5.75 Å². The van der Waals surface area contributed by atoms with Gasteiger partial charge in [-0.05, 0) is 49.2 Å². The van der Waals surface area contributed by atoms with Crippen LogP contribution in [0.4, 0.5) is 5.69 Å². The van der Waals surface area contributed by atoms with E-state index in [0.29, 0.717) is 5.02 Å². The Balaban J connectivity index is 2.05. The molecule has 1 N–H and O–H groups in total. The number of hydrogen-bond acceptors (Lipinski definition) is 2. The highest BCUT2D eigenvalue weighted by Crippen LogP contribution is 2.28. The van der Waals surface area contributed by atoms with Gasteiger partial charge in [0.05, 0.1) is 12.8 Å². The molecule has 1 unspecified atom stereocenters. The highest BCUT2D eigenvalue weighted by Gasteiger charge is 2.08. The second-order valence-electron chi connectivity index (χ2n) is 4.72. The molecule has 0 radical (unpaired) electrons. The largest absolute Gasteiger partial charge is 0.495 e. The van der Waals surface area contributed by atoms with E-state index in [1.54, 1.807) is 7.11 Å². The molecular weight excluding hydrogens is 338 g/mol. The average molecular weight is 355 g/mol. The fourth-order valence-electron chi connectivity index (χ4n) is 2.08. The van der Waals surface area contributed by atoms with E-state index in [0.717, 1.165) is 22.3 Å². The van der Waals surface area contributed by atoms with E-state index >= 15 is 0 Å². The van der Waals surface area contributed by atoms with Crippen LogP contribution in [0.5, 0.6) is 5.75 Å². The molecule has 0 bridgehead atoms. The molecule has 0 aromatic heterocycles. The Labute approximate surface area is 133 Å². The second-order valence-corrected chi connectivity index (χ2v) is 6.07. The molecule has 1 atom stereocenters. The number of ether oxygens (including phenoxy) is 1. The molecule has 2 aromatic carbocycles. The van der Waals surface area contributed by atoms with Crippen LogP contribution in [-0.2, 0) is 6.42 Å². The van der Waals surface area contributed by atoms with Crippen LogP contribution in [0, 0.1) is 0 Å². The summed E-state index contributed by atoms with van der Waals surface area (Å²) in [4.78, 5) is 0. The van der Waals surface area contributed by atoms with Crippen molar-refractivity contribution < 1.29 is 4.74 Å². The highest BCUT2D eigenvalue weighted by atomic mass is 79.9. The van der Waals surface area contributed by atoms with E-state index in [2.05, 4.69) is 52.4 Å². The Hall–Kier alpha value is -1.19. The zero-order chi connectivity index (χ0) is 14.5. The van der Waals surface area contributed by atoms with Gasteiger partial charge < -0.3 is 10.1 Å². The zero-order valence-corrected chi connectivity index (χ0v) is 13.8. The van der Waals surface area contributed by atoms with Gasteiger partial charge in [0.25, 0.3) is 0 Å². The van der Waals surface area contributed by atoms with Crippen LogP contribution in [-0.4, -0.2) is 13.2 Å². The monoisotopic (exact) mass is 353 g/mol. The summed E-state index contributed by atoms with van der Waals surface area (Å²) in [6.45, 7) is 2.14. The van der Waals surface area contributed by atoms with Crippen LogP contribution < -0.4 is 10.1 Å². The summed E-state index contributed by atoms with van der Waals surface area (Å²) in [7, 11) is 1.66. The molecule has 0 spiro atoms. The second kappa shape index (κ2) is 7.00. The van der Waals surface area contributed by atoms with E-state index in [-0.39, 0.29) is 6.04 Å².